The third kappa shape index (κ3) is 4.80. The van der Waals surface area contributed by atoms with Crippen LogP contribution >= 0.6 is 0 Å². The standard InChI is InChI=1S/C17H20N2O6/c1-11-14(17(21)22)9-13(25-11)10-19(2)16(20)12-4-5-18-15(8-12)24-7-6-23-3/h4-5,8-9H,6-7,10H2,1-3H3,(H,21,22). The summed E-state index contributed by atoms with van der Waals surface area (Å²) in [6.07, 6.45) is 1.49. The predicted molar refractivity (Wildman–Crippen MR) is 87.8 cm³/mol. The van der Waals surface area contributed by atoms with E-state index in [9.17, 15) is 9.59 Å². The summed E-state index contributed by atoms with van der Waals surface area (Å²) in [7, 11) is 3.17. The summed E-state index contributed by atoms with van der Waals surface area (Å²) in [5.74, 6) is -0.283. The van der Waals surface area contributed by atoms with E-state index < -0.39 is 5.97 Å². The van der Waals surface area contributed by atoms with Gasteiger partial charge in [-0.15, -0.1) is 0 Å². The number of carbonyl (C=O) groups is 2. The number of ether oxygens (including phenoxy) is 2. The number of nitrogens with zero attached hydrogens (tertiary/aromatic N) is 2. The maximum atomic E-state index is 12.5. The van der Waals surface area contributed by atoms with Crippen molar-refractivity contribution in [1.29, 1.82) is 0 Å². The molecule has 1 amide bonds. The number of carbonyl (C=O) groups excluding carboxylic acids is 1. The fourth-order valence-electron chi connectivity index (χ4n) is 2.21. The van der Waals surface area contributed by atoms with Crippen LogP contribution in [0.4, 0.5) is 0 Å². The smallest absolute Gasteiger partial charge is 0.339 e. The first-order valence-corrected chi connectivity index (χ1v) is 7.58. The van der Waals surface area contributed by atoms with Gasteiger partial charge in [0, 0.05) is 32.0 Å². The second-order valence-electron chi connectivity index (χ2n) is 5.37. The highest BCUT2D eigenvalue weighted by atomic mass is 16.5. The number of furan rings is 1. The van der Waals surface area contributed by atoms with Crippen molar-refractivity contribution in [2.45, 2.75) is 13.5 Å². The minimum absolute atomic E-state index is 0.0913. The normalized spacial score (nSPS) is 10.5. The van der Waals surface area contributed by atoms with Crippen LogP contribution < -0.4 is 4.74 Å². The molecule has 0 spiro atoms. The number of amides is 1. The van der Waals surface area contributed by atoms with Gasteiger partial charge in [0.05, 0.1) is 13.2 Å². The summed E-state index contributed by atoms with van der Waals surface area (Å²) in [6.45, 7) is 2.47. The lowest BCUT2D eigenvalue weighted by atomic mass is 10.2. The molecule has 0 bridgehead atoms. The first-order chi connectivity index (χ1) is 11.9. The van der Waals surface area contributed by atoms with Gasteiger partial charge in [0.2, 0.25) is 5.88 Å². The predicted octanol–water partition coefficient (Wildman–Crippen LogP) is 1.98. The third-order valence-corrected chi connectivity index (χ3v) is 3.46. The molecule has 0 unspecified atom stereocenters. The van der Waals surface area contributed by atoms with Crippen molar-refractivity contribution in [3.05, 3.63) is 47.0 Å². The molecule has 25 heavy (non-hydrogen) atoms. The SMILES string of the molecule is COCCOc1cc(C(=O)N(C)Cc2cc(C(=O)O)c(C)o2)ccn1. The fraction of sp³-hybridized carbons (Fsp3) is 0.353. The van der Waals surface area contributed by atoms with Crippen LogP contribution in [0.1, 0.15) is 32.2 Å². The number of aromatic nitrogens is 1. The molecule has 2 heterocycles. The summed E-state index contributed by atoms with van der Waals surface area (Å²) in [4.78, 5) is 29.0. The Kier molecular flexibility index (Phi) is 6.13. The highest BCUT2D eigenvalue weighted by Gasteiger charge is 2.18. The van der Waals surface area contributed by atoms with Gasteiger partial charge in [-0.3, -0.25) is 4.79 Å². The number of methoxy groups -OCH3 is 1. The molecular formula is C17H20N2O6. The quantitative estimate of drug-likeness (QED) is 0.728. The highest BCUT2D eigenvalue weighted by Crippen LogP contribution is 2.18. The molecule has 2 rings (SSSR count). The molecule has 8 heteroatoms. The van der Waals surface area contributed by atoms with Gasteiger partial charge in [0.1, 0.15) is 23.7 Å². The van der Waals surface area contributed by atoms with Crippen LogP contribution in [0.3, 0.4) is 0 Å². The third-order valence-electron chi connectivity index (χ3n) is 3.46. The Labute approximate surface area is 145 Å². The lowest BCUT2D eigenvalue weighted by Gasteiger charge is -2.16. The van der Waals surface area contributed by atoms with E-state index in [-0.39, 0.29) is 18.0 Å². The molecule has 134 valence electrons. The molecule has 1 N–H and O–H groups in total. The lowest BCUT2D eigenvalue weighted by molar-refractivity contribution is 0.0694. The van der Waals surface area contributed by atoms with E-state index in [0.29, 0.717) is 36.2 Å². The zero-order chi connectivity index (χ0) is 18.4. The largest absolute Gasteiger partial charge is 0.478 e. The number of hydrogen-bond donors (Lipinski definition) is 1. The van der Waals surface area contributed by atoms with Crippen LogP contribution in [-0.4, -0.2) is 54.2 Å². The van der Waals surface area contributed by atoms with E-state index >= 15 is 0 Å². The molecule has 0 aromatic carbocycles. The maximum absolute atomic E-state index is 12.5. The monoisotopic (exact) mass is 348 g/mol. The van der Waals surface area contributed by atoms with Gasteiger partial charge in [-0.25, -0.2) is 9.78 Å². The molecule has 8 nitrogen and oxygen atoms in total. The number of carboxylic acids is 1. The van der Waals surface area contributed by atoms with Crippen molar-refractivity contribution in [2.75, 3.05) is 27.4 Å². The molecule has 0 aliphatic carbocycles. The van der Waals surface area contributed by atoms with Crippen LogP contribution in [0.15, 0.2) is 28.8 Å². The molecule has 0 radical (unpaired) electrons. The molecule has 0 aliphatic heterocycles. The number of carboxylic acid groups (broad SMARTS) is 1. The highest BCUT2D eigenvalue weighted by molar-refractivity contribution is 5.94. The Bertz CT molecular complexity index is 755. The van der Waals surface area contributed by atoms with Gasteiger partial charge in [-0.2, -0.15) is 0 Å². The van der Waals surface area contributed by atoms with E-state index in [0.717, 1.165) is 0 Å². The second kappa shape index (κ2) is 8.29. The number of pyridine rings is 1. The fourth-order valence-corrected chi connectivity index (χ4v) is 2.21. The zero-order valence-corrected chi connectivity index (χ0v) is 14.3. The van der Waals surface area contributed by atoms with Crippen molar-refractivity contribution in [3.63, 3.8) is 0 Å². The summed E-state index contributed by atoms with van der Waals surface area (Å²) in [5, 5.41) is 9.05. The first-order valence-electron chi connectivity index (χ1n) is 7.58. The van der Waals surface area contributed by atoms with Crippen LogP contribution in [0.5, 0.6) is 5.88 Å². The van der Waals surface area contributed by atoms with Crippen LogP contribution in [0, 0.1) is 6.92 Å². The van der Waals surface area contributed by atoms with Crippen molar-refractivity contribution in [3.8, 4) is 5.88 Å². The topological polar surface area (TPSA) is 102 Å². The zero-order valence-electron chi connectivity index (χ0n) is 14.3. The maximum Gasteiger partial charge on any atom is 0.339 e. The van der Waals surface area contributed by atoms with Gasteiger partial charge in [-0.1, -0.05) is 0 Å². The second-order valence-corrected chi connectivity index (χ2v) is 5.37. The van der Waals surface area contributed by atoms with Gasteiger partial charge >= 0.3 is 5.97 Å². The summed E-state index contributed by atoms with van der Waals surface area (Å²) < 4.78 is 15.7. The number of aryl methyl sites for hydroxylation is 1. The molecule has 0 saturated carbocycles. The molecule has 2 aromatic heterocycles. The Morgan fingerprint density at radius 2 is 2.08 bits per heavy atom. The van der Waals surface area contributed by atoms with Crippen LogP contribution in [0.2, 0.25) is 0 Å². The van der Waals surface area contributed by atoms with Gasteiger partial charge in [-0.05, 0) is 19.1 Å². The van der Waals surface area contributed by atoms with Crippen molar-refractivity contribution < 1.29 is 28.6 Å². The van der Waals surface area contributed by atoms with E-state index in [1.807, 2.05) is 0 Å². The number of rotatable bonds is 8. The number of hydrogen-bond acceptors (Lipinski definition) is 6. The Morgan fingerprint density at radius 3 is 2.72 bits per heavy atom. The Hall–Kier alpha value is -2.87. The Balaban J connectivity index is 2.05. The summed E-state index contributed by atoms with van der Waals surface area (Å²) in [5.41, 5.74) is 0.500. The van der Waals surface area contributed by atoms with Crippen molar-refractivity contribution in [1.82, 2.24) is 9.88 Å². The lowest BCUT2D eigenvalue weighted by Crippen LogP contribution is -2.26. The van der Waals surface area contributed by atoms with E-state index in [1.165, 1.54) is 17.2 Å². The Morgan fingerprint density at radius 1 is 1.32 bits per heavy atom. The number of aromatic carboxylic acids is 1. The van der Waals surface area contributed by atoms with E-state index in [2.05, 4.69) is 4.98 Å². The van der Waals surface area contributed by atoms with Crippen molar-refractivity contribution >= 4 is 11.9 Å². The van der Waals surface area contributed by atoms with Gasteiger partial charge in [0.25, 0.3) is 5.91 Å². The van der Waals surface area contributed by atoms with Gasteiger partial charge < -0.3 is 23.9 Å². The van der Waals surface area contributed by atoms with Gasteiger partial charge in [0.15, 0.2) is 0 Å². The molecular weight excluding hydrogens is 328 g/mol. The van der Waals surface area contributed by atoms with Crippen LogP contribution in [-0.2, 0) is 11.3 Å². The van der Waals surface area contributed by atoms with E-state index in [1.54, 1.807) is 33.2 Å². The average Bonchev–Trinajstić information content (AvgIpc) is 2.95. The van der Waals surface area contributed by atoms with Crippen molar-refractivity contribution in [2.24, 2.45) is 0 Å². The summed E-state index contributed by atoms with van der Waals surface area (Å²) >= 11 is 0. The molecule has 0 fully saturated rings. The molecule has 2 aromatic rings. The minimum Gasteiger partial charge on any atom is -0.478 e. The van der Waals surface area contributed by atoms with E-state index in [4.69, 9.17) is 19.0 Å². The molecule has 0 atom stereocenters. The summed E-state index contributed by atoms with van der Waals surface area (Å²) in [6, 6.07) is 4.55. The first kappa shape index (κ1) is 18.5. The molecule has 0 aliphatic rings. The molecule has 0 saturated heterocycles. The minimum atomic E-state index is -1.06. The van der Waals surface area contributed by atoms with Crippen LogP contribution in [0.25, 0.3) is 0 Å². The average molecular weight is 348 g/mol.